The zero-order valence-corrected chi connectivity index (χ0v) is 17.4. The number of piperidine rings is 1. The van der Waals surface area contributed by atoms with Crippen LogP contribution in [-0.2, 0) is 9.59 Å². The molecule has 7 heteroatoms. The second-order valence-electron chi connectivity index (χ2n) is 6.84. The molecular formula is C20H25N3O2S2. The number of thiazole rings is 1. The van der Waals surface area contributed by atoms with E-state index in [9.17, 15) is 9.59 Å². The van der Waals surface area contributed by atoms with Crippen molar-refractivity contribution in [2.45, 2.75) is 33.1 Å². The van der Waals surface area contributed by atoms with E-state index in [0.717, 1.165) is 37.2 Å². The summed E-state index contributed by atoms with van der Waals surface area (Å²) in [6.45, 7) is 5.84. The lowest BCUT2D eigenvalue weighted by molar-refractivity contribution is -0.129. The molecule has 0 atom stereocenters. The molecule has 1 aromatic heterocycles. The summed E-state index contributed by atoms with van der Waals surface area (Å²) in [5, 5.41) is 5.39. The van der Waals surface area contributed by atoms with E-state index >= 15 is 0 Å². The number of rotatable bonds is 6. The van der Waals surface area contributed by atoms with E-state index in [4.69, 9.17) is 0 Å². The fraction of sp³-hybridized carbons (Fsp3) is 0.450. The number of benzene rings is 1. The topological polar surface area (TPSA) is 62.3 Å². The third kappa shape index (κ3) is 5.56. The molecule has 1 fully saturated rings. The van der Waals surface area contributed by atoms with Crippen molar-refractivity contribution in [2.75, 3.05) is 29.9 Å². The largest absolute Gasteiger partial charge is 0.342 e. The van der Waals surface area contributed by atoms with Crippen molar-refractivity contribution in [1.82, 2.24) is 9.88 Å². The Kier molecular flexibility index (Phi) is 6.90. The van der Waals surface area contributed by atoms with Crippen molar-refractivity contribution in [1.29, 1.82) is 0 Å². The summed E-state index contributed by atoms with van der Waals surface area (Å²) in [4.78, 5) is 30.7. The highest BCUT2D eigenvalue weighted by molar-refractivity contribution is 8.00. The molecule has 1 saturated heterocycles. The third-order valence-electron chi connectivity index (χ3n) is 4.58. The zero-order chi connectivity index (χ0) is 19.2. The highest BCUT2D eigenvalue weighted by Crippen LogP contribution is 2.28. The maximum absolute atomic E-state index is 12.1. The molecule has 0 aliphatic carbocycles. The van der Waals surface area contributed by atoms with Gasteiger partial charge in [0.15, 0.2) is 5.13 Å². The van der Waals surface area contributed by atoms with Gasteiger partial charge in [-0.25, -0.2) is 4.98 Å². The van der Waals surface area contributed by atoms with Crippen LogP contribution >= 0.6 is 23.1 Å². The molecule has 0 radical (unpaired) electrons. The minimum absolute atomic E-state index is 0.118. The van der Waals surface area contributed by atoms with Gasteiger partial charge in [0.1, 0.15) is 0 Å². The van der Waals surface area contributed by atoms with E-state index in [-0.39, 0.29) is 17.6 Å². The van der Waals surface area contributed by atoms with Crippen LogP contribution in [0.25, 0.3) is 11.3 Å². The number of amides is 2. The molecule has 5 nitrogen and oxygen atoms in total. The molecule has 1 N–H and O–H groups in total. The van der Waals surface area contributed by atoms with Gasteiger partial charge in [0.2, 0.25) is 11.8 Å². The molecular weight excluding hydrogens is 378 g/mol. The van der Waals surface area contributed by atoms with Gasteiger partial charge in [-0.15, -0.1) is 23.1 Å². The molecule has 0 unspecified atom stereocenters. The lowest BCUT2D eigenvalue weighted by atomic mass is 10.0. The van der Waals surface area contributed by atoms with E-state index in [2.05, 4.69) is 42.3 Å². The normalized spacial score (nSPS) is 14.2. The van der Waals surface area contributed by atoms with Crippen molar-refractivity contribution in [2.24, 2.45) is 0 Å². The molecule has 0 bridgehead atoms. The van der Waals surface area contributed by atoms with Crippen molar-refractivity contribution in [3.63, 3.8) is 0 Å². The minimum atomic E-state index is -0.118. The Balaban J connectivity index is 1.47. The van der Waals surface area contributed by atoms with Gasteiger partial charge >= 0.3 is 0 Å². The first-order valence-electron chi connectivity index (χ1n) is 9.21. The lowest BCUT2D eigenvalue weighted by Gasteiger charge is -2.26. The van der Waals surface area contributed by atoms with Gasteiger partial charge in [-0.05, 0) is 38.7 Å². The number of nitrogens with one attached hydrogen (secondary N) is 1. The standard InChI is InChI=1S/C20H25N3O2S2/c1-14-6-7-16(15(2)10-14)17-11-27-20(21-17)22-18(24)12-26-13-19(25)23-8-4-3-5-9-23/h6-7,10-11H,3-5,8-9,12-13H2,1-2H3,(H,21,22,24). The van der Waals surface area contributed by atoms with Crippen molar-refractivity contribution in [3.05, 3.63) is 34.7 Å². The van der Waals surface area contributed by atoms with Crippen molar-refractivity contribution < 1.29 is 9.59 Å². The maximum atomic E-state index is 12.1. The van der Waals surface area contributed by atoms with Crippen molar-refractivity contribution >= 4 is 40.0 Å². The van der Waals surface area contributed by atoms with Gasteiger partial charge in [-0.3, -0.25) is 9.59 Å². The number of carbonyl (C=O) groups excluding carboxylic acids is 2. The summed E-state index contributed by atoms with van der Waals surface area (Å²) in [5.41, 5.74) is 4.35. The third-order valence-corrected chi connectivity index (χ3v) is 6.25. The SMILES string of the molecule is Cc1ccc(-c2csc(NC(=O)CSCC(=O)N3CCCCC3)n2)c(C)c1. The Morgan fingerprint density at radius 3 is 2.70 bits per heavy atom. The number of thioether (sulfide) groups is 1. The summed E-state index contributed by atoms with van der Waals surface area (Å²) in [5.74, 6) is 0.642. The average molecular weight is 404 g/mol. The Labute approximate surface area is 168 Å². The molecule has 0 saturated carbocycles. The number of carbonyl (C=O) groups is 2. The number of nitrogens with zero attached hydrogens (tertiary/aromatic N) is 2. The van der Waals surface area contributed by atoms with E-state index in [1.165, 1.54) is 40.6 Å². The first kappa shape index (κ1) is 19.9. The van der Waals surface area contributed by atoms with Crippen LogP contribution in [-0.4, -0.2) is 46.3 Å². The quantitative estimate of drug-likeness (QED) is 0.788. The second kappa shape index (κ2) is 9.37. The van der Waals surface area contributed by atoms with E-state index in [0.29, 0.717) is 10.9 Å². The van der Waals surface area contributed by atoms with Crippen LogP contribution in [0.1, 0.15) is 30.4 Å². The first-order chi connectivity index (χ1) is 13.0. The fourth-order valence-electron chi connectivity index (χ4n) is 3.18. The summed E-state index contributed by atoms with van der Waals surface area (Å²) in [6.07, 6.45) is 3.38. The molecule has 144 valence electrons. The van der Waals surface area contributed by atoms with Gasteiger partial charge in [-0.2, -0.15) is 0 Å². The van der Waals surface area contributed by atoms with Gasteiger partial charge < -0.3 is 10.2 Å². The number of hydrogen-bond donors (Lipinski definition) is 1. The van der Waals surface area contributed by atoms with Crippen molar-refractivity contribution in [3.8, 4) is 11.3 Å². The van der Waals surface area contributed by atoms with E-state index in [1.807, 2.05) is 10.3 Å². The summed E-state index contributed by atoms with van der Waals surface area (Å²) in [6, 6.07) is 6.26. The first-order valence-corrected chi connectivity index (χ1v) is 11.2. The molecule has 1 aliphatic heterocycles. The molecule has 2 heterocycles. The van der Waals surface area contributed by atoms with Gasteiger partial charge in [-0.1, -0.05) is 23.8 Å². The maximum Gasteiger partial charge on any atom is 0.236 e. The van der Waals surface area contributed by atoms with Crippen LogP contribution in [0.5, 0.6) is 0 Å². The van der Waals surface area contributed by atoms with Crippen LogP contribution in [0.3, 0.4) is 0 Å². The van der Waals surface area contributed by atoms with Crippen LogP contribution in [0.2, 0.25) is 0 Å². The number of aryl methyl sites for hydroxylation is 2. The van der Waals surface area contributed by atoms with Crippen LogP contribution in [0.4, 0.5) is 5.13 Å². The molecule has 0 spiro atoms. The lowest BCUT2D eigenvalue weighted by Crippen LogP contribution is -2.37. The smallest absolute Gasteiger partial charge is 0.236 e. The Bertz CT molecular complexity index is 813. The fourth-order valence-corrected chi connectivity index (χ4v) is 4.62. The number of aromatic nitrogens is 1. The summed E-state index contributed by atoms with van der Waals surface area (Å²) < 4.78 is 0. The summed E-state index contributed by atoms with van der Waals surface area (Å²) >= 11 is 2.78. The highest BCUT2D eigenvalue weighted by Gasteiger charge is 2.17. The summed E-state index contributed by atoms with van der Waals surface area (Å²) in [7, 11) is 0. The van der Waals surface area contributed by atoms with E-state index < -0.39 is 0 Å². The number of likely N-dealkylation sites (tertiary alicyclic amines) is 1. The van der Waals surface area contributed by atoms with Crippen LogP contribution < -0.4 is 5.32 Å². The van der Waals surface area contributed by atoms with Gasteiger partial charge in [0.25, 0.3) is 0 Å². The molecule has 1 aliphatic rings. The zero-order valence-electron chi connectivity index (χ0n) is 15.8. The highest BCUT2D eigenvalue weighted by atomic mass is 32.2. The predicted molar refractivity (Wildman–Crippen MR) is 113 cm³/mol. The molecule has 3 rings (SSSR count). The average Bonchev–Trinajstić information content (AvgIpc) is 3.10. The Morgan fingerprint density at radius 1 is 1.19 bits per heavy atom. The molecule has 2 amide bonds. The van der Waals surface area contributed by atoms with E-state index in [1.54, 1.807) is 0 Å². The van der Waals surface area contributed by atoms with Gasteiger partial charge in [0, 0.05) is 24.0 Å². The molecule has 27 heavy (non-hydrogen) atoms. The number of hydrogen-bond acceptors (Lipinski definition) is 5. The number of anilines is 1. The second-order valence-corrected chi connectivity index (χ2v) is 8.68. The van der Waals surface area contributed by atoms with Crippen LogP contribution in [0.15, 0.2) is 23.6 Å². The monoisotopic (exact) mass is 403 g/mol. The Morgan fingerprint density at radius 2 is 1.96 bits per heavy atom. The van der Waals surface area contributed by atoms with Gasteiger partial charge in [0.05, 0.1) is 17.2 Å². The minimum Gasteiger partial charge on any atom is -0.342 e. The van der Waals surface area contributed by atoms with Crippen LogP contribution in [0, 0.1) is 13.8 Å². The molecule has 1 aromatic carbocycles. The predicted octanol–water partition coefficient (Wildman–Crippen LogP) is 4.11. The molecule has 2 aromatic rings. The Hall–Kier alpha value is -1.86.